The molecule has 27 heavy (non-hydrogen) atoms. The Hall–Kier alpha value is -2.62. The van der Waals surface area contributed by atoms with Crippen LogP contribution in [0.4, 0.5) is 4.79 Å². The normalized spacial score (nSPS) is 18.3. The predicted octanol–water partition coefficient (Wildman–Crippen LogP) is 4.54. The van der Waals surface area contributed by atoms with Gasteiger partial charge in [-0.1, -0.05) is 48.0 Å². The van der Waals surface area contributed by atoms with E-state index >= 15 is 0 Å². The van der Waals surface area contributed by atoms with Crippen molar-refractivity contribution in [2.75, 3.05) is 13.1 Å². The molecule has 1 fully saturated rings. The van der Waals surface area contributed by atoms with Gasteiger partial charge in [0.05, 0.1) is 0 Å². The molecule has 2 aliphatic rings. The maximum Gasteiger partial charge on any atom is 0.410 e. The summed E-state index contributed by atoms with van der Waals surface area (Å²) in [4.78, 5) is 26.8. The van der Waals surface area contributed by atoms with Crippen LogP contribution in [0.15, 0.2) is 48.5 Å². The first-order valence-electron chi connectivity index (χ1n) is 9.63. The molecule has 0 saturated carbocycles. The molecule has 1 amide bonds. The van der Waals surface area contributed by atoms with E-state index < -0.39 is 0 Å². The molecule has 1 saturated heterocycles. The summed E-state index contributed by atoms with van der Waals surface area (Å²) in [6, 6.07) is 15.9. The molecule has 0 aromatic heterocycles. The van der Waals surface area contributed by atoms with Crippen molar-refractivity contribution in [3.05, 3.63) is 70.8 Å². The fourth-order valence-electron chi connectivity index (χ4n) is 4.33. The van der Waals surface area contributed by atoms with Gasteiger partial charge in [-0.25, -0.2) is 4.79 Å². The van der Waals surface area contributed by atoms with Gasteiger partial charge in [0.15, 0.2) is 5.78 Å². The Morgan fingerprint density at radius 3 is 2.56 bits per heavy atom. The number of fused-ring (bicyclic) bond motifs is 1. The number of ether oxygens (including phenoxy) is 1. The third-order valence-corrected chi connectivity index (χ3v) is 5.95. The van der Waals surface area contributed by atoms with E-state index in [1.165, 1.54) is 0 Å². The number of benzene rings is 2. The van der Waals surface area contributed by atoms with Gasteiger partial charge in [-0.05, 0) is 48.8 Å². The average molecular weight is 363 g/mol. The van der Waals surface area contributed by atoms with Gasteiger partial charge in [0, 0.05) is 25.1 Å². The van der Waals surface area contributed by atoms with Gasteiger partial charge in [-0.15, -0.1) is 0 Å². The molecule has 2 aromatic rings. The summed E-state index contributed by atoms with van der Waals surface area (Å²) in [6.07, 6.45) is 2.98. The number of amides is 1. The number of carbonyl (C=O) groups excluding carboxylic acids is 2. The van der Waals surface area contributed by atoms with Gasteiger partial charge in [-0.3, -0.25) is 4.79 Å². The Labute approximate surface area is 160 Å². The zero-order valence-electron chi connectivity index (χ0n) is 15.7. The maximum absolute atomic E-state index is 12.7. The molecular formula is C23H25NO3. The van der Waals surface area contributed by atoms with Crippen LogP contribution in [-0.2, 0) is 17.8 Å². The summed E-state index contributed by atoms with van der Waals surface area (Å²) in [6.45, 7) is 3.63. The molecule has 1 spiro atoms. The first-order chi connectivity index (χ1) is 13.0. The van der Waals surface area contributed by atoms with E-state index in [1.807, 2.05) is 43.3 Å². The van der Waals surface area contributed by atoms with Gasteiger partial charge in [0.25, 0.3) is 0 Å². The SMILES string of the molecule is Cc1ccc2c(c1)C(=O)CC1(CCN(C(=O)OCc3ccccc3)CC1)C2. The molecule has 0 unspecified atom stereocenters. The van der Waals surface area contributed by atoms with E-state index in [-0.39, 0.29) is 17.3 Å². The van der Waals surface area contributed by atoms with Crippen LogP contribution in [0.25, 0.3) is 0 Å². The molecule has 0 N–H and O–H groups in total. The number of rotatable bonds is 2. The van der Waals surface area contributed by atoms with Crippen molar-refractivity contribution in [3.8, 4) is 0 Å². The summed E-state index contributed by atoms with van der Waals surface area (Å²) in [7, 11) is 0. The zero-order valence-corrected chi connectivity index (χ0v) is 15.7. The molecule has 1 heterocycles. The Morgan fingerprint density at radius 1 is 1.07 bits per heavy atom. The fraction of sp³-hybridized carbons (Fsp3) is 0.391. The Bertz CT molecular complexity index is 851. The minimum atomic E-state index is -0.258. The molecular weight excluding hydrogens is 338 g/mol. The highest BCUT2D eigenvalue weighted by Gasteiger charge is 2.41. The van der Waals surface area contributed by atoms with E-state index in [4.69, 9.17) is 4.74 Å². The summed E-state index contributed by atoms with van der Waals surface area (Å²) in [5.74, 6) is 0.250. The third-order valence-electron chi connectivity index (χ3n) is 5.95. The molecule has 0 bridgehead atoms. The zero-order chi connectivity index (χ0) is 18.9. The van der Waals surface area contributed by atoms with Crippen LogP contribution in [0.2, 0.25) is 0 Å². The highest BCUT2D eigenvalue weighted by molar-refractivity contribution is 5.99. The average Bonchev–Trinajstić information content (AvgIpc) is 2.68. The van der Waals surface area contributed by atoms with Crippen molar-refractivity contribution < 1.29 is 14.3 Å². The molecule has 140 valence electrons. The van der Waals surface area contributed by atoms with Crippen molar-refractivity contribution in [1.29, 1.82) is 0 Å². The van der Waals surface area contributed by atoms with E-state index in [2.05, 4.69) is 12.1 Å². The van der Waals surface area contributed by atoms with E-state index in [0.717, 1.165) is 41.5 Å². The second-order valence-corrected chi connectivity index (χ2v) is 7.96. The van der Waals surface area contributed by atoms with Crippen molar-refractivity contribution >= 4 is 11.9 Å². The monoisotopic (exact) mass is 363 g/mol. The minimum Gasteiger partial charge on any atom is -0.445 e. The van der Waals surface area contributed by atoms with Gasteiger partial charge in [-0.2, -0.15) is 0 Å². The molecule has 4 rings (SSSR count). The number of aryl methyl sites for hydroxylation is 1. The van der Waals surface area contributed by atoms with E-state index in [9.17, 15) is 9.59 Å². The largest absolute Gasteiger partial charge is 0.445 e. The number of hydrogen-bond donors (Lipinski definition) is 0. The lowest BCUT2D eigenvalue weighted by Gasteiger charge is -2.43. The van der Waals surface area contributed by atoms with Gasteiger partial charge in [0.1, 0.15) is 6.61 Å². The maximum atomic E-state index is 12.7. The van der Waals surface area contributed by atoms with Crippen LogP contribution in [0.3, 0.4) is 0 Å². The second-order valence-electron chi connectivity index (χ2n) is 7.96. The molecule has 4 heteroatoms. The number of likely N-dealkylation sites (tertiary alicyclic amines) is 1. The number of Topliss-reactive ketones (excluding diaryl/α,β-unsaturated/α-hetero) is 1. The van der Waals surface area contributed by atoms with Crippen LogP contribution in [0, 0.1) is 12.3 Å². The van der Waals surface area contributed by atoms with Crippen LogP contribution in [0.5, 0.6) is 0 Å². The standard InChI is InChI=1S/C23H25NO3/c1-17-7-8-19-14-23(15-21(25)20(19)13-17)9-11-24(12-10-23)22(26)27-16-18-5-3-2-4-6-18/h2-8,13H,9-12,14-16H2,1H3. The lowest BCUT2D eigenvalue weighted by Crippen LogP contribution is -2.46. The molecule has 1 aliphatic carbocycles. The first kappa shape index (κ1) is 17.8. The second kappa shape index (κ2) is 7.18. The van der Waals surface area contributed by atoms with E-state index in [1.54, 1.807) is 4.90 Å². The Balaban J connectivity index is 1.36. The highest BCUT2D eigenvalue weighted by atomic mass is 16.6. The van der Waals surface area contributed by atoms with Gasteiger partial charge in [0.2, 0.25) is 0 Å². The first-order valence-corrected chi connectivity index (χ1v) is 9.63. The van der Waals surface area contributed by atoms with Crippen molar-refractivity contribution in [1.82, 2.24) is 4.90 Å². The van der Waals surface area contributed by atoms with Crippen LogP contribution < -0.4 is 0 Å². The predicted molar refractivity (Wildman–Crippen MR) is 104 cm³/mol. The van der Waals surface area contributed by atoms with Gasteiger partial charge < -0.3 is 9.64 Å². The smallest absolute Gasteiger partial charge is 0.410 e. The molecule has 1 aliphatic heterocycles. The number of nitrogens with zero attached hydrogens (tertiary/aromatic N) is 1. The Kier molecular flexibility index (Phi) is 4.73. The number of piperidine rings is 1. The van der Waals surface area contributed by atoms with Crippen molar-refractivity contribution in [3.63, 3.8) is 0 Å². The fourth-order valence-corrected chi connectivity index (χ4v) is 4.33. The molecule has 2 aromatic carbocycles. The lowest BCUT2D eigenvalue weighted by atomic mass is 9.66. The van der Waals surface area contributed by atoms with Crippen LogP contribution >= 0.6 is 0 Å². The topological polar surface area (TPSA) is 46.6 Å². The van der Waals surface area contributed by atoms with Crippen molar-refractivity contribution in [2.45, 2.75) is 39.2 Å². The highest BCUT2D eigenvalue weighted by Crippen LogP contribution is 2.43. The number of carbonyl (C=O) groups is 2. The summed E-state index contributed by atoms with van der Waals surface area (Å²) in [5.41, 5.74) is 4.18. The quantitative estimate of drug-likeness (QED) is 0.787. The minimum absolute atomic E-state index is 0.00441. The number of ketones is 1. The Morgan fingerprint density at radius 2 is 1.81 bits per heavy atom. The molecule has 4 nitrogen and oxygen atoms in total. The third kappa shape index (κ3) is 3.75. The number of hydrogen-bond acceptors (Lipinski definition) is 3. The van der Waals surface area contributed by atoms with Gasteiger partial charge >= 0.3 is 6.09 Å². The van der Waals surface area contributed by atoms with Crippen LogP contribution in [0.1, 0.15) is 46.3 Å². The lowest BCUT2D eigenvalue weighted by molar-refractivity contribution is 0.0522. The summed E-state index contributed by atoms with van der Waals surface area (Å²) >= 11 is 0. The molecule has 0 atom stereocenters. The summed E-state index contributed by atoms with van der Waals surface area (Å²) < 4.78 is 5.45. The van der Waals surface area contributed by atoms with E-state index in [0.29, 0.717) is 26.1 Å². The summed E-state index contributed by atoms with van der Waals surface area (Å²) in [5, 5.41) is 0. The molecule has 0 radical (unpaired) electrons. The van der Waals surface area contributed by atoms with Crippen molar-refractivity contribution in [2.24, 2.45) is 5.41 Å². The van der Waals surface area contributed by atoms with Crippen LogP contribution in [-0.4, -0.2) is 29.9 Å².